The number of rotatable bonds is 6. The molecule has 0 saturated carbocycles. The highest BCUT2D eigenvalue weighted by Gasteiger charge is 2.11. The van der Waals surface area contributed by atoms with Crippen molar-refractivity contribution in [1.82, 2.24) is 10.2 Å². The van der Waals surface area contributed by atoms with Gasteiger partial charge in [-0.3, -0.25) is 0 Å². The Hall–Kier alpha value is -2.41. The van der Waals surface area contributed by atoms with Crippen LogP contribution in [0.4, 0.5) is 8.78 Å². The number of halogens is 2. The molecule has 3 aromatic rings. The summed E-state index contributed by atoms with van der Waals surface area (Å²) >= 11 is 1.14. The number of ether oxygens (including phenoxy) is 1. The minimum absolute atomic E-state index is 0.144. The van der Waals surface area contributed by atoms with Crippen LogP contribution >= 0.6 is 11.8 Å². The summed E-state index contributed by atoms with van der Waals surface area (Å²) in [7, 11) is 0. The number of aryl methyl sites for hydroxylation is 1. The normalized spacial score (nSPS) is 10.8. The monoisotopic (exact) mass is 348 g/mol. The highest BCUT2D eigenvalue weighted by atomic mass is 32.2. The zero-order valence-corrected chi connectivity index (χ0v) is 13.6. The number of hydrogen-bond donors (Lipinski definition) is 0. The minimum Gasteiger partial charge on any atom is -0.484 e. The Morgan fingerprint density at radius 3 is 2.79 bits per heavy atom. The molecular formula is C17H14F2N2O2S. The molecule has 0 radical (unpaired) electrons. The van der Waals surface area contributed by atoms with Gasteiger partial charge in [-0.15, -0.1) is 10.2 Å². The third-order valence-corrected chi connectivity index (χ3v) is 4.05. The molecule has 7 heteroatoms. The predicted molar refractivity (Wildman–Crippen MR) is 85.7 cm³/mol. The fourth-order valence-corrected chi connectivity index (χ4v) is 2.76. The van der Waals surface area contributed by atoms with Gasteiger partial charge in [-0.05, 0) is 30.7 Å². The quantitative estimate of drug-likeness (QED) is 0.613. The predicted octanol–water partition coefficient (Wildman–Crippen LogP) is 4.53. The molecule has 0 saturated heterocycles. The molecule has 0 bridgehead atoms. The van der Waals surface area contributed by atoms with Crippen LogP contribution in [0.3, 0.4) is 0 Å². The molecule has 0 fully saturated rings. The zero-order valence-electron chi connectivity index (χ0n) is 12.8. The van der Waals surface area contributed by atoms with E-state index in [0.29, 0.717) is 11.6 Å². The van der Waals surface area contributed by atoms with E-state index < -0.39 is 11.6 Å². The van der Waals surface area contributed by atoms with Crippen LogP contribution in [0.2, 0.25) is 0 Å². The van der Waals surface area contributed by atoms with E-state index in [2.05, 4.69) is 10.2 Å². The van der Waals surface area contributed by atoms with Crippen molar-refractivity contribution in [3.63, 3.8) is 0 Å². The summed E-state index contributed by atoms with van der Waals surface area (Å²) in [5.74, 6) is -0.495. The topological polar surface area (TPSA) is 48.2 Å². The lowest BCUT2D eigenvalue weighted by molar-refractivity contribution is 0.252. The summed E-state index contributed by atoms with van der Waals surface area (Å²) in [4.78, 5) is 0. The van der Waals surface area contributed by atoms with Crippen molar-refractivity contribution in [2.75, 3.05) is 0 Å². The first-order valence-corrected chi connectivity index (χ1v) is 8.18. The van der Waals surface area contributed by atoms with Gasteiger partial charge in [0.15, 0.2) is 18.2 Å². The van der Waals surface area contributed by atoms with Gasteiger partial charge in [0.1, 0.15) is 5.75 Å². The van der Waals surface area contributed by atoms with E-state index in [1.165, 1.54) is 12.1 Å². The lowest BCUT2D eigenvalue weighted by atomic mass is 10.2. The van der Waals surface area contributed by atoms with E-state index in [1.807, 2.05) is 31.2 Å². The van der Waals surface area contributed by atoms with Crippen molar-refractivity contribution in [3.8, 4) is 5.75 Å². The fraction of sp³-hybridized carbons (Fsp3) is 0.176. The Morgan fingerprint density at radius 1 is 1.12 bits per heavy atom. The standard InChI is InChI=1S/C17H14F2N2O2S/c1-11-4-2-6-13(8-11)22-9-15-20-21-17(23-15)24-10-12-5-3-7-14(18)16(12)19/h2-8H,9-10H2,1H3. The number of nitrogens with zero attached hydrogens (tertiary/aromatic N) is 2. The van der Waals surface area contributed by atoms with Gasteiger partial charge >= 0.3 is 0 Å². The molecule has 0 spiro atoms. The maximum atomic E-state index is 13.6. The SMILES string of the molecule is Cc1cccc(OCc2nnc(SCc3cccc(F)c3F)o2)c1. The molecule has 0 aliphatic heterocycles. The third-order valence-electron chi connectivity index (χ3n) is 3.18. The van der Waals surface area contributed by atoms with Crippen molar-refractivity contribution in [3.05, 3.63) is 71.1 Å². The van der Waals surface area contributed by atoms with E-state index in [4.69, 9.17) is 9.15 Å². The zero-order chi connectivity index (χ0) is 16.9. The first kappa shape index (κ1) is 16.4. The van der Waals surface area contributed by atoms with Gasteiger partial charge in [0.05, 0.1) is 0 Å². The van der Waals surface area contributed by atoms with Gasteiger partial charge in [0.2, 0.25) is 0 Å². The third kappa shape index (κ3) is 4.11. The summed E-state index contributed by atoms with van der Waals surface area (Å²) in [6.07, 6.45) is 0. The van der Waals surface area contributed by atoms with Crippen LogP contribution < -0.4 is 4.74 Å². The van der Waals surface area contributed by atoms with E-state index in [1.54, 1.807) is 0 Å². The summed E-state index contributed by atoms with van der Waals surface area (Å²) in [6.45, 7) is 2.12. The number of thioether (sulfide) groups is 1. The highest BCUT2D eigenvalue weighted by Crippen LogP contribution is 2.24. The first-order chi connectivity index (χ1) is 11.6. The van der Waals surface area contributed by atoms with Crippen LogP contribution in [0.15, 0.2) is 52.1 Å². The average Bonchev–Trinajstić information content (AvgIpc) is 3.02. The van der Waals surface area contributed by atoms with E-state index in [0.717, 1.165) is 23.4 Å². The van der Waals surface area contributed by atoms with Gasteiger partial charge in [0.25, 0.3) is 11.1 Å². The van der Waals surface area contributed by atoms with Gasteiger partial charge in [-0.1, -0.05) is 36.0 Å². The largest absolute Gasteiger partial charge is 0.484 e. The number of benzene rings is 2. The summed E-state index contributed by atoms with van der Waals surface area (Å²) in [6, 6.07) is 11.7. The van der Waals surface area contributed by atoms with Gasteiger partial charge in [0, 0.05) is 11.3 Å². The Balaban J connectivity index is 1.56. The number of hydrogen-bond acceptors (Lipinski definition) is 5. The maximum absolute atomic E-state index is 13.6. The van der Waals surface area contributed by atoms with Gasteiger partial charge in [-0.25, -0.2) is 8.78 Å². The Bertz CT molecular complexity index is 839. The molecule has 0 aliphatic rings. The minimum atomic E-state index is -0.870. The fourth-order valence-electron chi connectivity index (χ4n) is 2.00. The molecule has 124 valence electrons. The molecule has 24 heavy (non-hydrogen) atoms. The van der Waals surface area contributed by atoms with Crippen LogP contribution in [-0.2, 0) is 12.4 Å². The molecule has 0 atom stereocenters. The molecule has 1 aromatic heterocycles. The van der Waals surface area contributed by atoms with Gasteiger partial charge in [-0.2, -0.15) is 0 Å². The molecule has 0 amide bonds. The van der Waals surface area contributed by atoms with Crippen LogP contribution in [0.25, 0.3) is 0 Å². The van der Waals surface area contributed by atoms with Crippen LogP contribution in [0.5, 0.6) is 5.75 Å². The average molecular weight is 348 g/mol. The van der Waals surface area contributed by atoms with Crippen LogP contribution in [0.1, 0.15) is 17.0 Å². The van der Waals surface area contributed by atoms with Crippen LogP contribution in [-0.4, -0.2) is 10.2 Å². The Morgan fingerprint density at radius 2 is 1.96 bits per heavy atom. The molecule has 0 aliphatic carbocycles. The molecule has 1 heterocycles. The molecule has 3 rings (SSSR count). The second kappa shape index (κ2) is 7.44. The molecule has 2 aromatic carbocycles. The molecular weight excluding hydrogens is 334 g/mol. The summed E-state index contributed by atoms with van der Waals surface area (Å²) in [5.41, 5.74) is 1.34. The van der Waals surface area contributed by atoms with E-state index >= 15 is 0 Å². The second-order valence-corrected chi connectivity index (χ2v) is 6.00. The Labute approximate surface area is 141 Å². The van der Waals surface area contributed by atoms with E-state index in [-0.39, 0.29) is 23.1 Å². The summed E-state index contributed by atoms with van der Waals surface area (Å²) < 4.78 is 37.7. The van der Waals surface area contributed by atoms with Crippen molar-refractivity contribution in [2.24, 2.45) is 0 Å². The van der Waals surface area contributed by atoms with Gasteiger partial charge < -0.3 is 9.15 Å². The first-order valence-electron chi connectivity index (χ1n) is 7.19. The van der Waals surface area contributed by atoms with E-state index in [9.17, 15) is 8.78 Å². The maximum Gasteiger partial charge on any atom is 0.277 e. The highest BCUT2D eigenvalue weighted by molar-refractivity contribution is 7.98. The summed E-state index contributed by atoms with van der Waals surface area (Å²) in [5, 5.41) is 8.02. The lowest BCUT2D eigenvalue weighted by Crippen LogP contribution is -1.95. The molecule has 0 N–H and O–H groups in total. The smallest absolute Gasteiger partial charge is 0.277 e. The van der Waals surface area contributed by atoms with Crippen molar-refractivity contribution in [1.29, 1.82) is 0 Å². The van der Waals surface area contributed by atoms with Crippen LogP contribution in [0, 0.1) is 18.6 Å². The van der Waals surface area contributed by atoms with Crippen molar-refractivity contribution in [2.45, 2.75) is 24.5 Å². The molecule has 4 nitrogen and oxygen atoms in total. The van der Waals surface area contributed by atoms with Crippen molar-refractivity contribution >= 4 is 11.8 Å². The molecule has 0 unspecified atom stereocenters. The Kier molecular flexibility index (Phi) is 5.10. The number of aromatic nitrogens is 2. The lowest BCUT2D eigenvalue weighted by Gasteiger charge is -2.03. The van der Waals surface area contributed by atoms with Crippen molar-refractivity contribution < 1.29 is 17.9 Å². The second-order valence-electron chi connectivity index (χ2n) is 5.07.